The second-order valence-electron chi connectivity index (χ2n) is 9.37. The van der Waals surface area contributed by atoms with Crippen LogP contribution in [0.3, 0.4) is 0 Å². The van der Waals surface area contributed by atoms with E-state index in [0.717, 1.165) is 59.3 Å². The lowest BCUT2D eigenvalue weighted by atomic mass is 9.89. The summed E-state index contributed by atoms with van der Waals surface area (Å²) in [6, 6.07) is 19.3. The van der Waals surface area contributed by atoms with Crippen LogP contribution in [0.2, 0.25) is 0 Å². The Kier molecular flexibility index (Phi) is 6.02. The summed E-state index contributed by atoms with van der Waals surface area (Å²) < 4.78 is 17.1. The van der Waals surface area contributed by atoms with Crippen LogP contribution in [-0.4, -0.2) is 61.0 Å². The average molecular weight is 471 g/mol. The van der Waals surface area contributed by atoms with E-state index in [2.05, 4.69) is 63.9 Å². The van der Waals surface area contributed by atoms with E-state index in [-0.39, 0.29) is 5.92 Å². The van der Waals surface area contributed by atoms with Crippen molar-refractivity contribution in [3.8, 4) is 34.1 Å². The van der Waals surface area contributed by atoms with E-state index in [1.54, 1.807) is 6.26 Å². The van der Waals surface area contributed by atoms with Crippen molar-refractivity contribution in [2.75, 3.05) is 39.9 Å². The Morgan fingerprint density at radius 1 is 1.06 bits per heavy atom. The number of likely N-dealkylation sites (tertiary alicyclic amines) is 1. The second-order valence-corrected chi connectivity index (χ2v) is 9.37. The van der Waals surface area contributed by atoms with Gasteiger partial charge < -0.3 is 24.1 Å². The maximum Gasteiger partial charge on any atom is 0.161 e. The molecule has 0 spiro atoms. The van der Waals surface area contributed by atoms with Gasteiger partial charge in [0.05, 0.1) is 12.5 Å². The van der Waals surface area contributed by atoms with Crippen LogP contribution in [-0.2, 0) is 0 Å². The van der Waals surface area contributed by atoms with Gasteiger partial charge in [0, 0.05) is 30.6 Å². The standard InChI is InChI=1S/C28H30N4O3/c1-32-11-10-22(18-32)29-16-23(24-17-30-31-28(24)26-3-2-12-33-26)20-6-4-19(5-7-20)21-8-9-25-27(15-21)35-14-13-34-25/h2-9,12,15,17,22-23,29H,10-11,13-14,16,18H2,1H3,(H,30,31). The maximum absolute atomic E-state index is 5.78. The van der Waals surface area contributed by atoms with Crippen molar-refractivity contribution >= 4 is 0 Å². The summed E-state index contributed by atoms with van der Waals surface area (Å²) in [5.74, 6) is 2.55. The van der Waals surface area contributed by atoms with Crippen molar-refractivity contribution in [2.45, 2.75) is 18.4 Å². The number of benzene rings is 2. The van der Waals surface area contributed by atoms with Gasteiger partial charge in [0.2, 0.25) is 0 Å². The number of rotatable bonds is 7. The van der Waals surface area contributed by atoms with Crippen molar-refractivity contribution in [1.29, 1.82) is 0 Å². The molecule has 2 aromatic heterocycles. The summed E-state index contributed by atoms with van der Waals surface area (Å²) in [6.45, 7) is 4.22. The van der Waals surface area contributed by atoms with Gasteiger partial charge in [0.1, 0.15) is 18.9 Å². The quantitative estimate of drug-likeness (QED) is 0.413. The van der Waals surface area contributed by atoms with Gasteiger partial charge in [-0.1, -0.05) is 30.3 Å². The molecule has 2 unspecified atom stereocenters. The van der Waals surface area contributed by atoms with E-state index in [9.17, 15) is 0 Å². The number of ether oxygens (including phenoxy) is 2. The molecule has 180 valence electrons. The monoisotopic (exact) mass is 470 g/mol. The van der Waals surface area contributed by atoms with E-state index in [0.29, 0.717) is 19.3 Å². The molecule has 6 rings (SSSR count). The minimum absolute atomic E-state index is 0.133. The second kappa shape index (κ2) is 9.60. The van der Waals surface area contributed by atoms with E-state index in [4.69, 9.17) is 13.9 Å². The third-order valence-electron chi connectivity index (χ3n) is 7.00. The van der Waals surface area contributed by atoms with Crippen molar-refractivity contribution in [3.63, 3.8) is 0 Å². The van der Waals surface area contributed by atoms with Crippen LogP contribution in [0, 0.1) is 0 Å². The Balaban J connectivity index is 1.29. The third-order valence-corrected chi connectivity index (χ3v) is 7.00. The molecule has 4 heterocycles. The predicted molar refractivity (Wildman–Crippen MR) is 135 cm³/mol. The first-order chi connectivity index (χ1) is 17.2. The first-order valence-electron chi connectivity index (χ1n) is 12.2. The lowest BCUT2D eigenvalue weighted by Gasteiger charge is -2.22. The molecule has 0 bridgehead atoms. The Bertz CT molecular complexity index is 1270. The minimum Gasteiger partial charge on any atom is -0.486 e. The number of nitrogens with one attached hydrogen (secondary N) is 2. The highest BCUT2D eigenvalue weighted by atomic mass is 16.6. The Hall–Kier alpha value is -3.55. The molecule has 0 saturated carbocycles. The number of aromatic nitrogens is 2. The number of furan rings is 1. The van der Waals surface area contributed by atoms with Gasteiger partial charge in [-0.2, -0.15) is 5.10 Å². The predicted octanol–water partition coefficient (Wildman–Crippen LogP) is 4.53. The van der Waals surface area contributed by atoms with Crippen molar-refractivity contribution in [2.24, 2.45) is 0 Å². The zero-order valence-electron chi connectivity index (χ0n) is 19.9. The summed E-state index contributed by atoms with van der Waals surface area (Å²) in [6.07, 6.45) is 4.80. The van der Waals surface area contributed by atoms with Crippen LogP contribution in [0.4, 0.5) is 0 Å². The molecule has 0 radical (unpaired) electrons. The molecule has 1 fully saturated rings. The number of fused-ring (bicyclic) bond motifs is 1. The van der Waals surface area contributed by atoms with Crippen LogP contribution < -0.4 is 14.8 Å². The largest absolute Gasteiger partial charge is 0.486 e. The maximum atomic E-state index is 5.78. The SMILES string of the molecule is CN1CCC(NCC(c2ccc(-c3ccc4c(c3)OCCO4)cc2)c2cn[nH]c2-c2ccco2)C1. The molecule has 2 aliphatic heterocycles. The first-order valence-corrected chi connectivity index (χ1v) is 12.2. The molecule has 2 atom stereocenters. The van der Waals surface area contributed by atoms with Crippen LogP contribution in [0.15, 0.2) is 71.5 Å². The highest BCUT2D eigenvalue weighted by Gasteiger charge is 2.25. The summed E-state index contributed by atoms with van der Waals surface area (Å²) in [4.78, 5) is 2.38. The molecule has 0 amide bonds. The van der Waals surface area contributed by atoms with Crippen LogP contribution in [0.5, 0.6) is 11.5 Å². The van der Waals surface area contributed by atoms with Gasteiger partial charge >= 0.3 is 0 Å². The summed E-state index contributed by atoms with van der Waals surface area (Å²) in [7, 11) is 2.18. The molecule has 2 aromatic carbocycles. The van der Waals surface area contributed by atoms with Crippen LogP contribution in [0.1, 0.15) is 23.5 Å². The average Bonchev–Trinajstić information content (AvgIpc) is 3.67. The van der Waals surface area contributed by atoms with Gasteiger partial charge in [-0.15, -0.1) is 0 Å². The minimum atomic E-state index is 0.133. The molecule has 35 heavy (non-hydrogen) atoms. The zero-order valence-corrected chi connectivity index (χ0v) is 19.9. The van der Waals surface area contributed by atoms with Crippen molar-refractivity contribution < 1.29 is 13.9 Å². The number of aromatic amines is 1. The smallest absolute Gasteiger partial charge is 0.161 e. The molecule has 2 aliphatic rings. The number of likely N-dealkylation sites (N-methyl/N-ethyl adjacent to an activating group) is 1. The molecule has 1 saturated heterocycles. The van der Waals surface area contributed by atoms with Gasteiger partial charge in [0.15, 0.2) is 17.3 Å². The molecule has 7 nitrogen and oxygen atoms in total. The lowest BCUT2D eigenvalue weighted by molar-refractivity contribution is 0.171. The van der Waals surface area contributed by atoms with Gasteiger partial charge in [0.25, 0.3) is 0 Å². The lowest BCUT2D eigenvalue weighted by Crippen LogP contribution is -2.34. The molecular weight excluding hydrogens is 440 g/mol. The molecule has 2 N–H and O–H groups in total. The van der Waals surface area contributed by atoms with E-state index in [1.807, 2.05) is 24.4 Å². The van der Waals surface area contributed by atoms with Gasteiger partial charge in [-0.3, -0.25) is 5.10 Å². The summed E-state index contributed by atoms with van der Waals surface area (Å²) in [5, 5.41) is 11.3. The van der Waals surface area contributed by atoms with E-state index >= 15 is 0 Å². The van der Waals surface area contributed by atoms with E-state index < -0.39 is 0 Å². The van der Waals surface area contributed by atoms with Gasteiger partial charge in [-0.05, 0) is 61.0 Å². The number of nitrogens with zero attached hydrogens (tertiary/aromatic N) is 2. The Morgan fingerprint density at radius 3 is 2.66 bits per heavy atom. The van der Waals surface area contributed by atoms with Crippen LogP contribution >= 0.6 is 0 Å². The molecule has 4 aromatic rings. The number of hydrogen-bond donors (Lipinski definition) is 2. The van der Waals surface area contributed by atoms with Crippen molar-refractivity contribution in [1.82, 2.24) is 20.4 Å². The van der Waals surface area contributed by atoms with E-state index in [1.165, 1.54) is 12.0 Å². The number of hydrogen-bond acceptors (Lipinski definition) is 6. The fourth-order valence-corrected chi connectivity index (χ4v) is 5.10. The molecule has 0 aliphatic carbocycles. The number of H-pyrrole nitrogens is 1. The Labute approximate surface area is 205 Å². The third kappa shape index (κ3) is 4.57. The van der Waals surface area contributed by atoms with Crippen LogP contribution in [0.25, 0.3) is 22.6 Å². The highest BCUT2D eigenvalue weighted by Crippen LogP contribution is 2.36. The topological polar surface area (TPSA) is 75.6 Å². The normalized spacial score (nSPS) is 18.6. The first kappa shape index (κ1) is 21.9. The molecular formula is C28H30N4O3. The zero-order chi connectivity index (χ0) is 23.6. The van der Waals surface area contributed by atoms with Crippen molar-refractivity contribution in [3.05, 3.63) is 78.2 Å². The van der Waals surface area contributed by atoms with Gasteiger partial charge in [-0.25, -0.2) is 0 Å². The summed E-state index contributed by atoms with van der Waals surface area (Å²) >= 11 is 0. The summed E-state index contributed by atoms with van der Waals surface area (Å²) in [5.41, 5.74) is 5.56. The molecule has 7 heteroatoms. The highest BCUT2D eigenvalue weighted by molar-refractivity contribution is 5.68. The Morgan fingerprint density at radius 2 is 1.89 bits per heavy atom. The fourth-order valence-electron chi connectivity index (χ4n) is 5.10. The fraction of sp³-hybridized carbons (Fsp3) is 0.321.